The average molecular weight is 275 g/mol. The summed E-state index contributed by atoms with van der Waals surface area (Å²) in [5, 5.41) is 2.76. The van der Waals surface area contributed by atoms with Crippen molar-refractivity contribution in [1.82, 2.24) is 15.3 Å². The van der Waals surface area contributed by atoms with Crippen molar-refractivity contribution in [2.45, 2.75) is 34.2 Å². The van der Waals surface area contributed by atoms with E-state index in [2.05, 4.69) is 15.3 Å². The van der Waals surface area contributed by atoms with Gasteiger partial charge in [-0.15, -0.1) is 0 Å². The fraction of sp³-hybridized carbons (Fsp3) is 0.357. The third kappa shape index (κ3) is 2.49. The largest absolute Gasteiger partial charge is 0.448 e. The standard InChI is InChI=1S/C14H17N3O3/c1-7-12(9(3)18)8(2)17-13(7)14(19)15-5-11-10(4)20-6-16-11/h6,17H,5H2,1-4H3,(H,15,19). The van der Waals surface area contributed by atoms with Crippen LogP contribution in [0.4, 0.5) is 0 Å². The quantitative estimate of drug-likeness (QED) is 0.836. The van der Waals surface area contributed by atoms with Crippen molar-refractivity contribution in [3.05, 3.63) is 40.4 Å². The highest BCUT2D eigenvalue weighted by atomic mass is 16.3. The van der Waals surface area contributed by atoms with Crippen molar-refractivity contribution in [2.24, 2.45) is 0 Å². The summed E-state index contributed by atoms with van der Waals surface area (Å²) in [6.45, 7) is 7.10. The number of aromatic amines is 1. The Morgan fingerprint density at radius 3 is 2.55 bits per heavy atom. The second kappa shape index (κ2) is 5.32. The highest BCUT2D eigenvalue weighted by Gasteiger charge is 2.19. The smallest absolute Gasteiger partial charge is 0.268 e. The van der Waals surface area contributed by atoms with E-state index < -0.39 is 0 Å². The van der Waals surface area contributed by atoms with Gasteiger partial charge in [-0.2, -0.15) is 0 Å². The lowest BCUT2D eigenvalue weighted by molar-refractivity contribution is 0.0945. The van der Waals surface area contributed by atoms with Crippen LogP contribution in [0.25, 0.3) is 0 Å². The Morgan fingerprint density at radius 1 is 1.35 bits per heavy atom. The van der Waals surface area contributed by atoms with Crippen LogP contribution in [-0.4, -0.2) is 21.7 Å². The summed E-state index contributed by atoms with van der Waals surface area (Å²) >= 11 is 0. The summed E-state index contributed by atoms with van der Waals surface area (Å²) in [6.07, 6.45) is 1.34. The molecule has 20 heavy (non-hydrogen) atoms. The van der Waals surface area contributed by atoms with Crippen LogP contribution in [0.15, 0.2) is 10.8 Å². The zero-order valence-electron chi connectivity index (χ0n) is 12.0. The lowest BCUT2D eigenvalue weighted by Gasteiger charge is -2.03. The normalized spacial score (nSPS) is 10.6. The minimum Gasteiger partial charge on any atom is -0.448 e. The number of oxazole rings is 1. The summed E-state index contributed by atoms with van der Waals surface area (Å²) in [6, 6.07) is 0. The molecule has 106 valence electrons. The van der Waals surface area contributed by atoms with E-state index in [1.54, 1.807) is 20.8 Å². The first kappa shape index (κ1) is 14.0. The minimum atomic E-state index is -0.263. The lowest BCUT2D eigenvalue weighted by atomic mass is 10.1. The van der Waals surface area contributed by atoms with Crippen LogP contribution in [-0.2, 0) is 6.54 Å². The van der Waals surface area contributed by atoms with Gasteiger partial charge >= 0.3 is 0 Å². The maximum absolute atomic E-state index is 12.1. The number of rotatable bonds is 4. The fourth-order valence-corrected chi connectivity index (χ4v) is 2.26. The second-order valence-electron chi connectivity index (χ2n) is 4.72. The van der Waals surface area contributed by atoms with Crippen molar-refractivity contribution in [3.63, 3.8) is 0 Å². The van der Waals surface area contributed by atoms with Crippen molar-refractivity contribution in [2.75, 3.05) is 0 Å². The van der Waals surface area contributed by atoms with Gasteiger partial charge in [0, 0.05) is 11.3 Å². The number of hydrogen-bond acceptors (Lipinski definition) is 4. The molecule has 1 amide bonds. The molecule has 2 heterocycles. The Balaban J connectivity index is 2.16. The van der Waals surface area contributed by atoms with Crippen LogP contribution >= 0.6 is 0 Å². The van der Waals surface area contributed by atoms with Crippen LogP contribution in [0.3, 0.4) is 0 Å². The number of amides is 1. The first-order valence-corrected chi connectivity index (χ1v) is 6.29. The molecule has 0 bridgehead atoms. The van der Waals surface area contributed by atoms with Gasteiger partial charge in [-0.05, 0) is 33.3 Å². The Hall–Kier alpha value is -2.37. The molecule has 0 saturated heterocycles. The van der Waals surface area contributed by atoms with E-state index in [0.29, 0.717) is 34.0 Å². The molecule has 0 atom stereocenters. The Morgan fingerprint density at radius 2 is 2.05 bits per heavy atom. The van der Waals surface area contributed by atoms with E-state index >= 15 is 0 Å². The minimum absolute atomic E-state index is 0.0531. The third-order valence-corrected chi connectivity index (χ3v) is 3.28. The molecule has 0 radical (unpaired) electrons. The molecule has 2 rings (SSSR count). The zero-order valence-corrected chi connectivity index (χ0v) is 12.0. The maximum Gasteiger partial charge on any atom is 0.268 e. The molecule has 6 heteroatoms. The first-order valence-electron chi connectivity index (χ1n) is 6.29. The van der Waals surface area contributed by atoms with Gasteiger partial charge in [0.2, 0.25) is 0 Å². The van der Waals surface area contributed by atoms with Crippen molar-refractivity contribution in [3.8, 4) is 0 Å². The van der Waals surface area contributed by atoms with Crippen LogP contribution < -0.4 is 5.32 Å². The third-order valence-electron chi connectivity index (χ3n) is 3.28. The van der Waals surface area contributed by atoms with Gasteiger partial charge in [-0.3, -0.25) is 9.59 Å². The fourth-order valence-electron chi connectivity index (χ4n) is 2.26. The summed E-state index contributed by atoms with van der Waals surface area (Å²) < 4.78 is 5.07. The molecule has 0 saturated carbocycles. The number of aryl methyl sites for hydroxylation is 2. The highest BCUT2D eigenvalue weighted by molar-refractivity contribution is 6.02. The maximum atomic E-state index is 12.1. The molecule has 0 aliphatic heterocycles. The number of carbonyl (C=O) groups is 2. The van der Waals surface area contributed by atoms with Gasteiger partial charge in [-0.25, -0.2) is 4.98 Å². The van der Waals surface area contributed by atoms with Crippen LogP contribution in [0, 0.1) is 20.8 Å². The molecule has 2 aromatic rings. The number of nitrogens with one attached hydrogen (secondary N) is 2. The summed E-state index contributed by atoms with van der Waals surface area (Å²) in [5.74, 6) is 0.359. The number of H-pyrrole nitrogens is 1. The zero-order chi connectivity index (χ0) is 14.9. The summed E-state index contributed by atoms with van der Waals surface area (Å²) in [5.41, 5.74) is 3.05. The number of nitrogens with zero attached hydrogens (tertiary/aromatic N) is 1. The van der Waals surface area contributed by atoms with Gasteiger partial charge in [0.25, 0.3) is 5.91 Å². The molecule has 0 fully saturated rings. The first-order chi connectivity index (χ1) is 9.41. The van der Waals surface area contributed by atoms with E-state index in [1.807, 2.05) is 0 Å². The Labute approximate surface area is 116 Å². The van der Waals surface area contributed by atoms with Crippen molar-refractivity contribution < 1.29 is 14.0 Å². The van der Waals surface area contributed by atoms with Gasteiger partial charge in [0.15, 0.2) is 12.2 Å². The molecule has 0 aliphatic rings. The lowest BCUT2D eigenvalue weighted by Crippen LogP contribution is -2.24. The van der Waals surface area contributed by atoms with E-state index in [9.17, 15) is 9.59 Å². The molecule has 0 aromatic carbocycles. The van der Waals surface area contributed by atoms with Gasteiger partial charge in [0.1, 0.15) is 17.1 Å². The predicted octanol–water partition coefficient (Wildman–Crippen LogP) is 2.06. The Bertz CT molecular complexity index is 667. The van der Waals surface area contributed by atoms with Gasteiger partial charge in [-0.1, -0.05) is 0 Å². The molecular formula is C14H17N3O3. The average Bonchev–Trinajstić information content (AvgIpc) is 2.90. The molecule has 0 aliphatic carbocycles. The number of ketones is 1. The predicted molar refractivity (Wildman–Crippen MR) is 72.7 cm³/mol. The van der Waals surface area contributed by atoms with E-state index in [-0.39, 0.29) is 18.2 Å². The van der Waals surface area contributed by atoms with E-state index in [4.69, 9.17) is 4.42 Å². The van der Waals surface area contributed by atoms with E-state index in [0.717, 1.165) is 0 Å². The topological polar surface area (TPSA) is 88.0 Å². The Kier molecular flexibility index (Phi) is 3.74. The molecule has 0 unspecified atom stereocenters. The second-order valence-corrected chi connectivity index (χ2v) is 4.72. The SMILES string of the molecule is CC(=O)c1c(C)[nH]c(C(=O)NCc2ncoc2C)c1C. The molecule has 6 nitrogen and oxygen atoms in total. The molecule has 2 aromatic heterocycles. The van der Waals surface area contributed by atoms with Gasteiger partial charge in [0.05, 0.1) is 6.54 Å². The van der Waals surface area contributed by atoms with Crippen molar-refractivity contribution in [1.29, 1.82) is 0 Å². The highest BCUT2D eigenvalue weighted by Crippen LogP contribution is 2.18. The van der Waals surface area contributed by atoms with E-state index in [1.165, 1.54) is 13.3 Å². The molecule has 0 spiro atoms. The number of Topliss-reactive ketones (excluding diaryl/α,β-unsaturated/α-hetero) is 1. The summed E-state index contributed by atoms with van der Waals surface area (Å²) in [4.78, 5) is 30.7. The summed E-state index contributed by atoms with van der Waals surface area (Å²) in [7, 11) is 0. The van der Waals surface area contributed by atoms with Gasteiger partial charge < -0.3 is 14.7 Å². The van der Waals surface area contributed by atoms with Crippen LogP contribution in [0.1, 0.15) is 50.5 Å². The molecule has 2 N–H and O–H groups in total. The molecular weight excluding hydrogens is 258 g/mol. The van der Waals surface area contributed by atoms with Crippen LogP contribution in [0.2, 0.25) is 0 Å². The number of aromatic nitrogens is 2. The van der Waals surface area contributed by atoms with Crippen LogP contribution in [0.5, 0.6) is 0 Å². The number of hydrogen-bond donors (Lipinski definition) is 2. The number of carbonyl (C=O) groups excluding carboxylic acids is 2. The monoisotopic (exact) mass is 275 g/mol. The van der Waals surface area contributed by atoms with Crippen molar-refractivity contribution >= 4 is 11.7 Å².